The Morgan fingerprint density at radius 2 is 2.00 bits per heavy atom. The molecular weight excluding hydrogens is 344 g/mol. The third-order valence-electron chi connectivity index (χ3n) is 5.26. The molecule has 1 aromatic carbocycles. The summed E-state index contributed by atoms with van der Waals surface area (Å²) in [6.07, 6.45) is 4.30. The highest BCUT2D eigenvalue weighted by Crippen LogP contribution is 2.31. The van der Waals surface area contributed by atoms with E-state index in [1.165, 1.54) is 0 Å². The second-order valence-electron chi connectivity index (χ2n) is 6.91. The number of aromatic amines is 1. The zero-order chi connectivity index (χ0) is 18.5. The van der Waals surface area contributed by atoms with E-state index < -0.39 is 11.9 Å². The number of carbonyl (C=O) groups is 3. The number of rotatable bonds is 2. The SMILES string of the molecule is O=C1CCC(N2Cc3cc(-c4cc5[nH]ccc5cn4)ccc3C2=O)C(=O)N1. The minimum absolute atomic E-state index is 0.168. The summed E-state index contributed by atoms with van der Waals surface area (Å²) in [4.78, 5) is 45.5. The average Bonchev–Trinajstić information content (AvgIpc) is 3.25. The molecule has 1 unspecified atom stereocenters. The van der Waals surface area contributed by atoms with E-state index in [0.29, 0.717) is 18.5 Å². The molecule has 1 saturated heterocycles. The van der Waals surface area contributed by atoms with Gasteiger partial charge in [0.05, 0.1) is 5.69 Å². The number of aromatic nitrogens is 2. The monoisotopic (exact) mass is 360 g/mol. The Hall–Kier alpha value is -3.48. The second-order valence-corrected chi connectivity index (χ2v) is 6.91. The first-order chi connectivity index (χ1) is 13.1. The summed E-state index contributed by atoms with van der Waals surface area (Å²) in [5, 5.41) is 3.36. The van der Waals surface area contributed by atoms with Gasteiger partial charge in [0.25, 0.3) is 5.91 Å². The summed E-state index contributed by atoms with van der Waals surface area (Å²) < 4.78 is 0. The number of nitrogens with one attached hydrogen (secondary N) is 2. The lowest BCUT2D eigenvalue weighted by atomic mass is 10.0. The van der Waals surface area contributed by atoms with Crippen LogP contribution in [-0.4, -0.2) is 38.6 Å². The minimum Gasteiger partial charge on any atom is -0.361 e. The van der Waals surface area contributed by atoms with Crippen molar-refractivity contribution in [3.8, 4) is 11.3 Å². The van der Waals surface area contributed by atoms with Gasteiger partial charge in [0.15, 0.2) is 0 Å². The molecule has 2 aliphatic rings. The number of pyridine rings is 1. The van der Waals surface area contributed by atoms with E-state index in [0.717, 1.165) is 27.7 Å². The molecule has 134 valence electrons. The topological polar surface area (TPSA) is 95.2 Å². The Morgan fingerprint density at radius 1 is 1.11 bits per heavy atom. The molecule has 7 heteroatoms. The third-order valence-corrected chi connectivity index (χ3v) is 5.26. The van der Waals surface area contributed by atoms with Gasteiger partial charge in [-0.2, -0.15) is 0 Å². The van der Waals surface area contributed by atoms with E-state index in [1.54, 1.807) is 11.0 Å². The summed E-state index contributed by atoms with van der Waals surface area (Å²) >= 11 is 0. The van der Waals surface area contributed by atoms with Crippen LogP contribution in [-0.2, 0) is 16.1 Å². The van der Waals surface area contributed by atoms with Crippen LogP contribution in [0.2, 0.25) is 0 Å². The van der Waals surface area contributed by atoms with E-state index in [1.807, 2.05) is 36.7 Å². The van der Waals surface area contributed by atoms with Crippen LogP contribution in [0.15, 0.2) is 42.7 Å². The first-order valence-corrected chi connectivity index (χ1v) is 8.81. The van der Waals surface area contributed by atoms with E-state index in [9.17, 15) is 14.4 Å². The van der Waals surface area contributed by atoms with Crippen molar-refractivity contribution < 1.29 is 14.4 Å². The molecule has 4 heterocycles. The molecule has 2 aliphatic heterocycles. The van der Waals surface area contributed by atoms with Crippen molar-refractivity contribution in [2.45, 2.75) is 25.4 Å². The predicted octanol–water partition coefficient (Wildman–Crippen LogP) is 1.99. The van der Waals surface area contributed by atoms with Crippen LogP contribution in [0.5, 0.6) is 0 Å². The molecule has 0 spiro atoms. The Labute approximate surface area is 154 Å². The van der Waals surface area contributed by atoms with Crippen molar-refractivity contribution in [1.82, 2.24) is 20.2 Å². The van der Waals surface area contributed by atoms with Gasteiger partial charge in [-0.1, -0.05) is 6.07 Å². The fraction of sp³-hybridized carbons (Fsp3) is 0.200. The normalized spacial score (nSPS) is 19.5. The van der Waals surface area contributed by atoms with Gasteiger partial charge in [-0.3, -0.25) is 24.7 Å². The highest BCUT2D eigenvalue weighted by Gasteiger charge is 2.39. The van der Waals surface area contributed by atoms with Crippen LogP contribution in [0, 0.1) is 0 Å². The molecule has 0 saturated carbocycles. The number of carbonyl (C=O) groups excluding carboxylic acids is 3. The molecule has 27 heavy (non-hydrogen) atoms. The Kier molecular flexibility index (Phi) is 3.36. The largest absolute Gasteiger partial charge is 0.361 e. The lowest BCUT2D eigenvalue weighted by molar-refractivity contribution is -0.136. The maximum absolute atomic E-state index is 12.8. The van der Waals surface area contributed by atoms with Gasteiger partial charge in [0, 0.05) is 47.4 Å². The van der Waals surface area contributed by atoms with Gasteiger partial charge < -0.3 is 9.88 Å². The predicted molar refractivity (Wildman–Crippen MR) is 97.6 cm³/mol. The molecule has 0 radical (unpaired) electrons. The van der Waals surface area contributed by atoms with Crippen molar-refractivity contribution in [3.05, 3.63) is 53.9 Å². The standard InChI is InChI=1S/C20H16N4O3/c25-18-4-3-17(19(26)23-18)24-10-13-7-11(1-2-14(13)20(24)27)15-8-16-12(9-22-15)5-6-21-16/h1-2,5-9,17,21H,3-4,10H2,(H,23,25,26). The first kappa shape index (κ1) is 15.7. The summed E-state index contributed by atoms with van der Waals surface area (Å²) in [6, 6.07) is 8.97. The Morgan fingerprint density at radius 3 is 2.85 bits per heavy atom. The number of hydrogen-bond acceptors (Lipinski definition) is 4. The number of amides is 3. The fourth-order valence-electron chi connectivity index (χ4n) is 3.84. The molecule has 0 bridgehead atoms. The van der Waals surface area contributed by atoms with Gasteiger partial charge in [-0.05, 0) is 36.2 Å². The molecular formula is C20H16N4O3. The van der Waals surface area contributed by atoms with Crippen LogP contribution in [0.4, 0.5) is 0 Å². The average molecular weight is 360 g/mol. The number of piperidine rings is 1. The van der Waals surface area contributed by atoms with Crippen molar-refractivity contribution in [1.29, 1.82) is 0 Å². The van der Waals surface area contributed by atoms with Crippen LogP contribution >= 0.6 is 0 Å². The molecule has 5 rings (SSSR count). The van der Waals surface area contributed by atoms with Crippen molar-refractivity contribution in [2.24, 2.45) is 0 Å². The van der Waals surface area contributed by atoms with E-state index >= 15 is 0 Å². The molecule has 3 amide bonds. The molecule has 2 aromatic heterocycles. The number of benzene rings is 1. The number of fused-ring (bicyclic) bond motifs is 2. The zero-order valence-corrected chi connectivity index (χ0v) is 14.4. The maximum Gasteiger partial charge on any atom is 0.255 e. The molecule has 3 aromatic rings. The molecule has 7 nitrogen and oxygen atoms in total. The minimum atomic E-state index is -0.598. The molecule has 1 atom stereocenters. The summed E-state index contributed by atoms with van der Waals surface area (Å²) in [5.74, 6) is -0.848. The number of imide groups is 1. The number of nitrogens with zero attached hydrogens (tertiary/aromatic N) is 2. The van der Waals surface area contributed by atoms with Gasteiger partial charge in [0.2, 0.25) is 11.8 Å². The highest BCUT2D eigenvalue weighted by molar-refractivity contribution is 6.05. The van der Waals surface area contributed by atoms with Gasteiger partial charge in [-0.25, -0.2) is 0 Å². The lowest BCUT2D eigenvalue weighted by Gasteiger charge is -2.29. The van der Waals surface area contributed by atoms with Crippen molar-refractivity contribution >= 4 is 28.6 Å². The summed E-state index contributed by atoms with van der Waals surface area (Å²) in [5.41, 5.74) is 4.21. The van der Waals surface area contributed by atoms with Gasteiger partial charge in [-0.15, -0.1) is 0 Å². The Balaban J connectivity index is 1.46. The smallest absolute Gasteiger partial charge is 0.255 e. The van der Waals surface area contributed by atoms with Crippen LogP contribution in [0.25, 0.3) is 22.2 Å². The van der Waals surface area contributed by atoms with Gasteiger partial charge >= 0.3 is 0 Å². The van der Waals surface area contributed by atoms with Crippen LogP contribution < -0.4 is 5.32 Å². The number of H-pyrrole nitrogens is 1. The number of hydrogen-bond donors (Lipinski definition) is 2. The molecule has 2 N–H and O–H groups in total. The highest BCUT2D eigenvalue weighted by atomic mass is 16.2. The summed E-state index contributed by atoms with van der Waals surface area (Å²) in [6.45, 7) is 0.360. The lowest BCUT2D eigenvalue weighted by Crippen LogP contribution is -2.52. The van der Waals surface area contributed by atoms with Crippen molar-refractivity contribution in [2.75, 3.05) is 0 Å². The quantitative estimate of drug-likeness (QED) is 0.683. The second kappa shape index (κ2) is 5.77. The van der Waals surface area contributed by atoms with Crippen LogP contribution in [0.3, 0.4) is 0 Å². The van der Waals surface area contributed by atoms with E-state index in [-0.39, 0.29) is 18.2 Å². The maximum atomic E-state index is 12.8. The summed E-state index contributed by atoms with van der Waals surface area (Å²) in [7, 11) is 0. The van der Waals surface area contributed by atoms with E-state index in [4.69, 9.17) is 0 Å². The first-order valence-electron chi connectivity index (χ1n) is 8.81. The van der Waals surface area contributed by atoms with Gasteiger partial charge in [0.1, 0.15) is 6.04 Å². The fourth-order valence-corrected chi connectivity index (χ4v) is 3.84. The molecule has 0 aliphatic carbocycles. The Bertz CT molecular complexity index is 1120. The van der Waals surface area contributed by atoms with Crippen molar-refractivity contribution in [3.63, 3.8) is 0 Å². The van der Waals surface area contributed by atoms with Crippen LogP contribution in [0.1, 0.15) is 28.8 Å². The zero-order valence-electron chi connectivity index (χ0n) is 14.4. The third kappa shape index (κ3) is 2.51. The molecule has 1 fully saturated rings. The van der Waals surface area contributed by atoms with E-state index in [2.05, 4.69) is 15.3 Å².